The van der Waals surface area contributed by atoms with Gasteiger partial charge in [-0.25, -0.2) is 8.42 Å². The number of H-pyrrole nitrogens is 1. The first-order chi connectivity index (χ1) is 7.96. The van der Waals surface area contributed by atoms with Gasteiger partial charge in [0.2, 0.25) is 5.95 Å². The monoisotopic (exact) mass is 256 g/mol. The number of aromatic amines is 1. The molecule has 17 heavy (non-hydrogen) atoms. The number of aromatic nitrogens is 4. The van der Waals surface area contributed by atoms with Crippen LogP contribution in [0.3, 0.4) is 0 Å². The molecule has 0 amide bonds. The molecule has 0 saturated heterocycles. The van der Waals surface area contributed by atoms with Crippen molar-refractivity contribution in [2.45, 2.75) is 0 Å². The van der Waals surface area contributed by atoms with Crippen molar-refractivity contribution < 1.29 is 8.42 Å². The first kappa shape index (κ1) is 11.6. The highest BCUT2D eigenvalue weighted by atomic mass is 32.2. The van der Waals surface area contributed by atoms with E-state index >= 15 is 0 Å². The lowest BCUT2D eigenvalue weighted by molar-refractivity contribution is 0.602. The molecule has 2 rings (SSSR count). The number of rotatable bonds is 4. The summed E-state index contributed by atoms with van der Waals surface area (Å²) in [5.41, 5.74) is 6.03. The molecule has 0 aliphatic rings. The largest absolute Gasteiger partial charge is 0.368 e. The summed E-state index contributed by atoms with van der Waals surface area (Å²) in [6.45, 7) is 0.259. The first-order valence-corrected chi connectivity index (χ1v) is 6.90. The van der Waals surface area contributed by atoms with Gasteiger partial charge in [-0.1, -0.05) is 0 Å². The van der Waals surface area contributed by atoms with Gasteiger partial charge >= 0.3 is 0 Å². The van der Waals surface area contributed by atoms with Gasteiger partial charge in [0.05, 0.1) is 17.3 Å². The zero-order valence-electron chi connectivity index (χ0n) is 9.14. The van der Waals surface area contributed by atoms with Crippen LogP contribution in [-0.2, 0) is 9.84 Å². The van der Waals surface area contributed by atoms with Crippen molar-refractivity contribution in [2.75, 3.05) is 29.6 Å². The van der Waals surface area contributed by atoms with Crippen molar-refractivity contribution in [3.8, 4) is 0 Å². The maximum atomic E-state index is 11.0. The molecule has 2 aromatic heterocycles. The Morgan fingerprint density at radius 2 is 2.24 bits per heavy atom. The number of nitrogens with zero attached hydrogens (tertiary/aromatic N) is 3. The second kappa shape index (κ2) is 4.17. The van der Waals surface area contributed by atoms with Gasteiger partial charge in [0.15, 0.2) is 5.65 Å². The van der Waals surface area contributed by atoms with E-state index in [1.807, 2.05) is 0 Å². The molecule has 2 aromatic rings. The molecule has 0 aliphatic carbocycles. The van der Waals surface area contributed by atoms with Crippen LogP contribution in [0.25, 0.3) is 11.0 Å². The van der Waals surface area contributed by atoms with Crippen molar-refractivity contribution in [3.05, 3.63) is 6.20 Å². The number of anilines is 2. The smallest absolute Gasteiger partial charge is 0.224 e. The molecule has 8 nitrogen and oxygen atoms in total. The number of sulfone groups is 1. The molecule has 0 spiro atoms. The zero-order chi connectivity index (χ0) is 12.5. The Labute approximate surface area is 97.6 Å². The minimum absolute atomic E-state index is 0.0241. The van der Waals surface area contributed by atoms with Crippen LogP contribution in [0.2, 0.25) is 0 Å². The maximum absolute atomic E-state index is 11.0. The zero-order valence-corrected chi connectivity index (χ0v) is 9.95. The van der Waals surface area contributed by atoms with Crippen molar-refractivity contribution in [1.29, 1.82) is 0 Å². The van der Waals surface area contributed by atoms with E-state index in [0.717, 1.165) is 0 Å². The Kier molecular flexibility index (Phi) is 2.84. The molecule has 9 heteroatoms. The molecule has 0 aliphatic heterocycles. The van der Waals surface area contributed by atoms with Gasteiger partial charge in [-0.05, 0) is 0 Å². The molecule has 0 fully saturated rings. The van der Waals surface area contributed by atoms with Crippen LogP contribution in [0.15, 0.2) is 6.20 Å². The topological polar surface area (TPSA) is 127 Å². The summed E-state index contributed by atoms with van der Waals surface area (Å²) >= 11 is 0. The van der Waals surface area contributed by atoms with E-state index in [1.165, 1.54) is 6.26 Å². The summed E-state index contributed by atoms with van der Waals surface area (Å²) in [7, 11) is -3.00. The van der Waals surface area contributed by atoms with Crippen molar-refractivity contribution >= 4 is 32.6 Å². The molecule has 0 unspecified atom stereocenters. The van der Waals surface area contributed by atoms with E-state index in [9.17, 15) is 8.42 Å². The Morgan fingerprint density at radius 1 is 1.47 bits per heavy atom. The fraction of sp³-hybridized carbons (Fsp3) is 0.375. The van der Waals surface area contributed by atoms with Crippen molar-refractivity contribution in [3.63, 3.8) is 0 Å². The summed E-state index contributed by atoms with van der Waals surface area (Å²) in [6, 6.07) is 0. The van der Waals surface area contributed by atoms with E-state index in [4.69, 9.17) is 5.73 Å². The molecule has 0 radical (unpaired) electrons. The number of hydrogen-bond donors (Lipinski definition) is 3. The maximum Gasteiger partial charge on any atom is 0.224 e. The average Bonchev–Trinajstić information content (AvgIpc) is 2.63. The summed E-state index contributed by atoms with van der Waals surface area (Å²) < 4.78 is 22.0. The Bertz CT molecular complexity index is 635. The Balaban J connectivity index is 2.20. The van der Waals surface area contributed by atoms with E-state index < -0.39 is 9.84 Å². The Hall–Kier alpha value is -1.90. The molecule has 0 bridgehead atoms. The third-order valence-corrected chi connectivity index (χ3v) is 3.04. The Morgan fingerprint density at radius 3 is 2.94 bits per heavy atom. The van der Waals surface area contributed by atoms with Crippen LogP contribution < -0.4 is 11.1 Å². The number of fused-ring (bicyclic) bond motifs is 1. The summed E-state index contributed by atoms with van der Waals surface area (Å²) in [5, 5.41) is 10.1. The van der Waals surface area contributed by atoms with Gasteiger partial charge in [-0.3, -0.25) is 5.10 Å². The van der Waals surface area contributed by atoms with Crippen LogP contribution >= 0.6 is 0 Å². The van der Waals surface area contributed by atoms with E-state index in [1.54, 1.807) is 6.20 Å². The molecule has 92 valence electrons. The number of nitrogens with one attached hydrogen (secondary N) is 2. The van der Waals surface area contributed by atoms with Crippen LogP contribution in [-0.4, -0.2) is 47.1 Å². The fourth-order valence-electron chi connectivity index (χ4n) is 1.34. The summed E-state index contributed by atoms with van der Waals surface area (Å²) in [5.74, 6) is 0.601. The lowest BCUT2D eigenvalue weighted by atomic mass is 10.4. The minimum Gasteiger partial charge on any atom is -0.368 e. The van der Waals surface area contributed by atoms with Gasteiger partial charge in [0, 0.05) is 12.8 Å². The lowest BCUT2D eigenvalue weighted by Crippen LogP contribution is -2.15. The third-order valence-electron chi connectivity index (χ3n) is 2.09. The summed E-state index contributed by atoms with van der Waals surface area (Å²) in [4.78, 5) is 7.94. The predicted octanol–water partition coefficient (Wildman–Crippen LogP) is -0.608. The number of nitrogen functional groups attached to an aromatic ring is 1. The highest BCUT2D eigenvalue weighted by molar-refractivity contribution is 7.90. The summed E-state index contributed by atoms with van der Waals surface area (Å²) in [6.07, 6.45) is 2.73. The number of hydrogen-bond acceptors (Lipinski definition) is 7. The second-order valence-corrected chi connectivity index (χ2v) is 5.88. The van der Waals surface area contributed by atoms with E-state index in [-0.39, 0.29) is 18.2 Å². The van der Waals surface area contributed by atoms with Gasteiger partial charge in [0.1, 0.15) is 15.7 Å². The highest BCUT2D eigenvalue weighted by Crippen LogP contribution is 2.18. The molecule has 4 N–H and O–H groups in total. The van der Waals surface area contributed by atoms with Crippen molar-refractivity contribution in [1.82, 2.24) is 20.2 Å². The van der Waals surface area contributed by atoms with E-state index in [0.29, 0.717) is 16.9 Å². The molecular weight excluding hydrogens is 244 g/mol. The van der Waals surface area contributed by atoms with Gasteiger partial charge < -0.3 is 11.1 Å². The first-order valence-electron chi connectivity index (χ1n) is 4.84. The molecule has 2 heterocycles. The lowest BCUT2D eigenvalue weighted by Gasteiger charge is -2.05. The third kappa shape index (κ3) is 2.81. The molecule has 0 saturated carbocycles. The van der Waals surface area contributed by atoms with Gasteiger partial charge in [-0.2, -0.15) is 15.1 Å². The standard InChI is InChI=1S/C8H12N6O2S/c1-17(15,16)3-2-10-6-5-4-11-14-7(5)13-8(9)12-6/h4H,2-3H2,1H3,(H4,9,10,11,12,13,14). The number of nitrogens with two attached hydrogens (primary N) is 1. The second-order valence-electron chi connectivity index (χ2n) is 3.62. The van der Waals surface area contributed by atoms with Gasteiger partial charge in [-0.15, -0.1) is 0 Å². The van der Waals surface area contributed by atoms with Crippen LogP contribution in [0, 0.1) is 0 Å². The molecular formula is C8H12N6O2S. The van der Waals surface area contributed by atoms with Crippen LogP contribution in [0.5, 0.6) is 0 Å². The quantitative estimate of drug-likeness (QED) is 0.666. The minimum atomic E-state index is -3.00. The van der Waals surface area contributed by atoms with Crippen LogP contribution in [0.1, 0.15) is 0 Å². The average molecular weight is 256 g/mol. The van der Waals surface area contributed by atoms with E-state index in [2.05, 4.69) is 25.5 Å². The van der Waals surface area contributed by atoms with Gasteiger partial charge in [0.25, 0.3) is 0 Å². The SMILES string of the molecule is CS(=O)(=O)CCNc1nc(N)nc2[nH]ncc12. The fourth-order valence-corrected chi connectivity index (χ4v) is 1.81. The van der Waals surface area contributed by atoms with Crippen LogP contribution in [0.4, 0.5) is 11.8 Å². The molecule has 0 atom stereocenters. The predicted molar refractivity (Wildman–Crippen MR) is 64.3 cm³/mol. The van der Waals surface area contributed by atoms with Crippen molar-refractivity contribution in [2.24, 2.45) is 0 Å². The highest BCUT2D eigenvalue weighted by Gasteiger charge is 2.08. The molecule has 0 aromatic carbocycles. The normalized spacial score (nSPS) is 11.8.